The molecule has 5 rings (SSSR count). The van der Waals surface area contributed by atoms with E-state index in [1.54, 1.807) is 11.0 Å². The summed E-state index contributed by atoms with van der Waals surface area (Å²) in [6, 6.07) is -0.198. The molecule has 0 bridgehead atoms. The highest BCUT2D eigenvalue weighted by molar-refractivity contribution is 8.00. The number of β-lactam (4-membered cyclic amide) rings is 1. The number of thioether (sulfide) groups is 1. The van der Waals surface area contributed by atoms with Gasteiger partial charge in [-0.25, -0.2) is 14.4 Å². The fourth-order valence-electron chi connectivity index (χ4n) is 5.48. The molecule has 3 amide bonds. The highest BCUT2D eigenvalue weighted by atomic mass is 32.2. The topological polar surface area (TPSA) is 151 Å². The normalized spacial score (nSPS) is 26.5. The maximum Gasteiger partial charge on any atom is 0.519 e. The number of likely N-dealkylation sites (tertiary alicyclic amines) is 2. The Balaban J connectivity index is 1.23. The molecule has 1 aromatic heterocycles. The number of nitrogens with zero attached hydrogens (tertiary/aromatic N) is 3. The van der Waals surface area contributed by atoms with Crippen molar-refractivity contribution in [3.05, 3.63) is 45.1 Å². The molecule has 0 saturated carbocycles. The third-order valence-electron chi connectivity index (χ3n) is 7.49. The van der Waals surface area contributed by atoms with Crippen LogP contribution in [-0.2, 0) is 25.7 Å². The number of aliphatic carboxylic acids is 1. The van der Waals surface area contributed by atoms with Crippen molar-refractivity contribution in [3.8, 4) is 0 Å². The molecule has 4 aliphatic heterocycles. The Kier molecular flexibility index (Phi) is 6.88. The molecule has 5 heterocycles. The van der Waals surface area contributed by atoms with Crippen LogP contribution >= 0.6 is 11.8 Å². The second-order valence-electron chi connectivity index (χ2n) is 10.2. The number of rotatable bonds is 6. The van der Waals surface area contributed by atoms with Crippen LogP contribution in [0.15, 0.2) is 36.5 Å². The fraction of sp³-hybridized carbons (Fsp3) is 0.560. The van der Waals surface area contributed by atoms with Gasteiger partial charge in [0.1, 0.15) is 5.70 Å². The van der Waals surface area contributed by atoms with Gasteiger partial charge in [0.15, 0.2) is 18.1 Å². The number of hydrogen-bond acceptors (Lipinski definition) is 9. The van der Waals surface area contributed by atoms with Crippen LogP contribution in [-0.4, -0.2) is 80.5 Å². The standard InChI is InChI=1S/C25H29N3O9S/c1-12(2)18-21(30)28-19(23(31)32)15(11-38-22(18)28)8-14-4-7-27(20(14)29)16-5-6-26(9-16)24(33)35-10-17-13(3)36-25(34)37-17/h8,12,16,18,22H,4-7,9-11H2,1-3H3,(H,31,32)/b14-8+. The molecule has 204 valence electrons. The molecule has 1 aromatic rings. The largest absolute Gasteiger partial charge is 0.519 e. The zero-order valence-electron chi connectivity index (χ0n) is 21.3. The van der Waals surface area contributed by atoms with Gasteiger partial charge in [-0.05, 0) is 37.3 Å². The molecule has 3 unspecified atom stereocenters. The summed E-state index contributed by atoms with van der Waals surface area (Å²) in [4.78, 5) is 66.3. The van der Waals surface area contributed by atoms with Crippen LogP contribution < -0.4 is 5.82 Å². The van der Waals surface area contributed by atoms with Crippen molar-refractivity contribution in [1.82, 2.24) is 14.7 Å². The van der Waals surface area contributed by atoms with Gasteiger partial charge in [0.05, 0.1) is 17.3 Å². The zero-order chi connectivity index (χ0) is 27.3. The molecule has 3 saturated heterocycles. The van der Waals surface area contributed by atoms with Crippen molar-refractivity contribution < 1.29 is 37.9 Å². The van der Waals surface area contributed by atoms with Crippen LogP contribution in [0.5, 0.6) is 0 Å². The maximum atomic E-state index is 13.2. The first-order valence-electron chi connectivity index (χ1n) is 12.5. The maximum absolute atomic E-state index is 13.2. The molecule has 3 atom stereocenters. The van der Waals surface area contributed by atoms with E-state index in [-0.39, 0.29) is 58.9 Å². The van der Waals surface area contributed by atoms with Crippen molar-refractivity contribution in [2.45, 2.75) is 51.6 Å². The highest BCUT2D eigenvalue weighted by Gasteiger charge is 2.54. The predicted octanol–water partition coefficient (Wildman–Crippen LogP) is 1.94. The molecule has 4 aliphatic rings. The summed E-state index contributed by atoms with van der Waals surface area (Å²) in [7, 11) is 0. The Labute approximate surface area is 222 Å². The minimum absolute atomic E-state index is 0.0344. The monoisotopic (exact) mass is 547 g/mol. The number of hydrogen-bond donors (Lipinski definition) is 1. The lowest BCUT2D eigenvalue weighted by molar-refractivity contribution is -0.154. The first-order chi connectivity index (χ1) is 18.1. The number of carboxylic acids is 1. The Morgan fingerprint density at radius 2 is 1.97 bits per heavy atom. The number of fused-ring (bicyclic) bond motifs is 1. The molecule has 3 fully saturated rings. The van der Waals surface area contributed by atoms with E-state index in [1.165, 1.54) is 28.5 Å². The van der Waals surface area contributed by atoms with E-state index in [0.717, 1.165) is 0 Å². The van der Waals surface area contributed by atoms with Crippen LogP contribution in [0.1, 0.15) is 38.2 Å². The molecule has 0 aliphatic carbocycles. The van der Waals surface area contributed by atoms with E-state index in [4.69, 9.17) is 13.6 Å². The van der Waals surface area contributed by atoms with Gasteiger partial charge in [-0.1, -0.05) is 13.8 Å². The van der Waals surface area contributed by atoms with E-state index in [9.17, 15) is 29.1 Å². The van der Waals surface area contributed by atoms with Crippen molar-refractivity contribution >= 4 is 35.6 Å². The summed E-state index contributed by atoms with van der Waals surface area (Å²) in [6.45, 7) is 6.38. The van der Waals surface area contributed by atoms with Gasteiger partial charge in [0.25, 0.3) is 0 Å². The van der Waals surface area contributed by atoms with E-state index < -0.39 is 17.9 Å². The van der Waals surface area contributed by atoms with Crippen molar-refractivity contribution in [3.63, 3.8) is 0 Å². The Hall–Kier alpha value is -3.48. The lowest BCUT2D eigenvalue weighted by Gasteiger charge is -2.51. The van der Waals surface area contributed by atoms with Crippen LogP contribution in [0.2, 0.25) is 0 Å². The SMILES string of the molecule is Cc1oc(=O)oc1COC(=O)N1CCC(N2CC/C(=C\C3=C(C(=O)O)N4C(=O)C(C(C)C)C4SC3)C2=O)C1. The zero-order valence-corrected chi connectivity index (χ0v) is 22.1. The highest BCUT2D eigenvalue weighted by Crippen LogP contribution is 2.47. The van der Waals surface area contributed by atoms with Crippen molar-refractivity contribution in [2.75, 3.05) is 25.4 Å². The fourth-order valence-corrected chi connectivity index (χ4v) is 7.05. The third kappa shape index (κ3) is 4.52. The average molecular weight is 548 g/mol. The van der Waals surface area contributed by atoms with Crippen LogP contribution in [0, 0.1) is 18.8 Å². The van der Waals surface area contributed by atoms with E-state index in [1.807, 2.05) is 13.8 Å². The van der Waals surface area contributed by atoms with Crippen molar-refractivity contribution in [1.29, 1.82) is 0 Å². The number of carboxylic acid groups (broad SMARTS) is 1. The summed E-state index contributed by atoms with van der Waals surface area (Å²) in [6.07, 6.45) is 2.08. The third-order valence-corrected chi connectivity index (χ3v) is 8.81. The van der Waals surface area contributed by atoms with Gasteiger partial charge in [0.2, 0.25) is 11.8 Å². The molecular weight excluding hydrogens is 518 g/mol. The summed E-state index contributed by atoms with van der Waals surface area (Å²) >= 11 is 1.53. The van der Waals surface area contributed by atoms with Gasteiger partial charge < -0.3 is 28.5 Å². The molecule has 0 spiro atoms. The quantitative estimate of drug-likeness (QED) is 0.413. The van der Waals surface area contributed by atoms with Gasteiger partial charge in [-0.3, -0.25) is 14.5 Å². The lowest BCUT2D eigenvalue weighted by atomic mass is 9.85. The van der Waals surface area contributed by atoms with Crippen LogP contribution in [0.25, 0.3) is 0 Å². The van der Waals surface area contributed by atoms with Crippen LogP contribution in [0.4, 0.5) is 4.79 Å². The molecule has 38 heavy (non-hydrogen) atoms. The van der Waals surface area contributed by atoms with Gasteiger partial charge >= 0.3 is 17.9 Å². The summed E-state index contributed by atoms with van der Waals surface area (Å²) in [5, 5.41) is 9.70. The van der Waals surface area contributed by atoms with Gasteiger partial charge in [-0.2, -0.15) is 0 Å². The smallest absolute Gasteiger partial charge is 0.477 e. The first kappa shape index (κ1) is 26.1. The Bertz CT molecular complexity index is 1310. The second kappa shape index (κ2) is 10.0. The number of aryl methyl sites for hydroxylation is 1. The number of amides is 3. The Morgan fingerprint density at radius 3 is 2.63 bits per heavy atom. The molecule has 0 aromatic carbocycles. The number of carbonyl (C=O) groups is 4. The molecule has 1 N–H and O–H groups in total. The van der Waals surface area contributed by atoms with Gasteiger partial charge in [0, 0.05) is 31.0 Å². The van der Waals surface area contributed by atoms with Gasteiger partial charge in [-0.15, -0.1) is 11.8 Å². The second-order valence-corrected chi connectivity index (χ2v) is 11.3. The first-order valence-corrected chi connectivity index (χ1v) is 13.6. The van der Waals surface area contributed by atoms with E-state index in [2.05, 4.69) is 0 Å². The van der Waals surface area contributed by atoms with E-state index in [0.29, 0.717) is 49.4 Å². The molecule has 13 heteroatoms. The molecular formula is C25H29N3O9S. The van der Waals surface area contributed by atoms with Crippen molar-refractivity contribution in [2.24, 2.45) is 11.8 Å². The molecule has 0 radical (unpaired) electrons. The minimum Gasteiger partial charge on any atom is -0.477 e. The van der Waals surface area contributed by atoms with E-state index >= 15 is 0 Å². The predicted molar refractivity (Wildman–Crippen MR) is 133 cm³/mol. The number of allylic oxidation sites excluding steroid dienone is 1. The minimum atomic E-state index is -1.17. The summed E-state index contributed by atoms with van der Waals surface area (Å²) < 4.78 is 14.8. The lowest BCUT2D eigenvalue weighted by Crippen LogP contribution is -2.62. The number of carbonyl (C=O) groups excluding carboxylic acids is 3. The Morgan fingerprint density at radius 1 is 1.21 bits per heavy atom. The number of ether oxygens (including phenoxy) is 1. The summed E-state index contributed by atoms with van der Waals surface area (Å²) in [5.41, 5.74) is 0.933. The molecule has 12 nitrogen and oxygen atoms in total. The van der Waals surface area contributed by atoms with Crippen LogP contribution in [0.3, 0.4) is 0 Å². The summed E-state index contributed by atoms with van der Waals surface area (Å²) in [5.74, 6) is -1.69. The average Bonchev–Trinajstić information content (AvgIpc) is 3.56.